The van der Waals surface area contributed by atoms with Crippen LogP contribution in [0, 0.1) is 0 Å². The lowest BCUT2D eigenvalue weighted by Crippen LogP contribution is -2.19. The lowest BCUT2D eigenvalue weighted by Gasteiger charge is -2.25. The Bertz CT molecular complexity index is 582. The van der Waals surface area contributed by atoms with Crippen molar-refractivity contribution in [1.82, 2.24) is 9.55 Å². The van der Waals surface area contributed by atoms with Gasteiger partial charge in [-0.2, -0.15) is 0 Å². The van der Waals surface area contributed by atoms with Crippen LogP contribution in [-0.4, -0.2) is 22.8 Å². The predicted molar refractivity (Wildman–Crippen MR) is 76.1 cm³/mol. The number of nitrogens with zero attached hydrogens (tertiary/aromatic N) is 2. The first kappa shape index (κ1) is 12.6. The molecule has 2 N–H and O–H groups in total. The van der Waals surface area contributed by atoms with Gasteiger partial charge in [0.15, 0.2) is 0 Å². The zero-order valence-electron chi connectivity index (χ0n) is 11.6. The van der Waals surface area contributed by atoms with Crippen molar-refractivity contribution < 1.29 is 4.74 Å². The molecule has 4 nitrogen and oxygen atoms in total. The van der Waals surface area contributed by atoms with E-state index >= 15 is 0 Å². The fourth-order valence-corrected chi connectivity index (χ4v) is 2.91. The Kier molecular flexibility index (Phi) is 3.29. The molecule has 1 aliphatic rings. The van der Waals surface area contributed by atoms with E-state index < -0.39 is 0 Å². The summed E-state index contributed by atoms with van der Waals surface area (Å²) in [5.41, 5.74) is 10.7. The van der Waals surface area contributed by atoms with Gasteiger partial charge in [0.25, 0.3) is 0 Å². The van der Waals surface area contributed by atoms with E-state index in [9.17, 15) is 0 Å². The zero-order chi connectivity index (χ0) is 13.4. The molecule has 0 spiro atoms. The van der Waals surface area contributed by atoms with Crippen molar-refractivity contribution in [1.29, 1.82) is 0 Å². The highest BCUT2D eigenvalue weighted by atomic mass is 16.5. The molecule has 1 atom stereocenters. The zero-order valence-corrected chi connectivity index (χ0v) is 11.6. The molecule has 3 heterocycles. The van der Waals surface area contributed by atoms with Crippen LogP contribution < -0.4 is 5.73 Å². The number of pyridine rings is 1. The van der Waals surface area contributed by atoms with Crippen molar-refractivity contribution in [2.24, 2.45) is 12.8 Å². The van der Waals surface area contributed by atoms with E-state index in [-0.39, 0.29) is 6.04 Å². The summed E-state index contributed by atoms with van der Waals surface area (Å²) >= 11 is 0. The summed E-state index contributed by atoms with van der Waals surface area (Å²) in [4.78, 5) is 4.78. The molecule has 0 bridgehead atoms. The van der Waals surface area contributed by atoms with Crippen molar-refractivity contribution in [3.05, 3.63) is 29.6 Å². The van der Waals surface area contributed by atoms with E-state index in [1.54, 1.807) is 0 Å². The highest BCUT2D eigenvalue weighted by molar-refractivity contribution is 5.77. The summed E-state index contributed by atoms with van der Waals surface area (Å²) in [6.45, 7) is 3.70. The summed E-state index contributed by atoms with van der Waals surface area (Å²) in [5, 5.41) is 0. The van der Waals surface area contributed by atoms with Crippen molar-refractivity contribution in [3.63, 3.8) is 0 Å². The highest BCUT2D eigenvalue weighted by Crippen LogP contribution is 2.33. The largest absolute Gasteiger partial charge is 0.381 e. The lowest BCUT2D eigenvalue weighted by atomic mass is 9.88. The molecule has 0 saturated carbocycles. The fraction of sp³-hybridized carbons (Fsp3) is 0.533. The maximum absolute atomic E-state index is 6.12. The lowest BCUT2D eigenvalue weighted by molar-refractivity contribution is 0.0850. The Hall–Kier alpha value is -1.39. The molecule has 19 heavy (non-hydrogen) atoms. The van der Waals surface area contributed by atoms with Gasteiger partial charge in [0, 0.05) is 32.5 Å². The second-order valence-corrected chi connectivity index (χ2v) is 5.47. The number of aryl methyl sites for hydroxylation is 1. The minimum Gasteiger partial charge on any atom is -0.381 e. The first-order valence-electron chi connectivity index (χ1n) is 6.96. The average molecular weight is 259 g/mol. The van der Waals surface area contributed by atoms with Crippen LogP contribution in [-0.2, 0) is 11.8 Å². The van der Waals surface area contributed by atoms with Gasteiger partial charge < -0.3 is 15.0 Å². The SMILES string of the molecule is CC(N)c1nc2ccn(C)c2cc1C1CCOCC1. The van der Waals surface area contributed by atoms with Gasteiger partial charge in [-0.1, -0.05) is 0 Å². The number of fused-ring (bicyclic) bond motifs is 1. The van der Waals surface area contributed by atoms with Crippen molar-refractivity contribution in [2.45, 2.75) is 31.7 Å². The molecule has 4 heteroatoms. The molecule has 2 aromatic rings. The Balaban J connectivity index is 2.13. The van der Waals surface area contributed by atoms with Gasteiger partial charge >= 0.3 is 0 Å². The van der Waals surface area contributed by atoms with Gasteiger partial charge in [-0.05, 0) is 43.4 Å². The first-order chi connectivity index (χ1) is 9.16. The summed E-state index contributed by atoms with van der Waals surface area (Å²) in [7, 11) is 2.06. The minimum absolute atomic E-state index is 0.0255. The molecule has 102 valence electrons. The van der Waals surface area contributed by atoms with Crippen LogP contribution in [0.5, 0.6) is 0 Å². The van der Waals surface area contributed by atoms with Crippen LogP contribution >= 0.6 is 0 Å². The van der Waals surface area contributed by atoms with Crippen LogP contribution in [0.4, 0.5) is 0 Å². The molecule has 1 unspecified atom stereocenters. The van der Waals surface area contributed by atoms with E-state index in [2.05, 4.69) is 29.9 Å². The molecular weight excluding hydrogens is 238 g/mol. The maximum atomic E-state index is 6.12. The summed E-state index contributed by atoms with van der Waals surface area (Å²) in [6.07, 6.45) is 4.19. The second kappa shape index (κ2) is 4.94. The third-order valence-electron chi connectivity index (χ3n) is 4.02. The molecule has 1 fully saturated rings. The predicted octanol–water partition coefficient (Wildman–Crippen LogP) is 2.49. The third kappa shape index (κ3) is 2.26. The van der Waals surface area contributed by atoms with Gasteiger partial charge in [0.05, 0.1) is 16.7 Å². The van der Waals surface area contributed by atoms with Crippen molar-refractivity contribution in [2.75, 3.05) is 13.2 Å². The molecule has 3 rings (SSSR count). The summed E-state index contributed by atoms with van der Waals surface area (Å²) < 4.78 is 7.58. The monoisotopic (exact) mass is 259 g/mol. The molecule has 2 aromatic heterocycles. The molecule has 1 aliphatic heterocycles. The Labute approximate surface area is 113 Å². The quantitative estimate of drug-likeness (QED) is 0.901. The Morgan fingerprint density at radius 3 is 2.84 bits per heavy atom. The molecule has 0 aliphatic carbocycles. The van der Waals surface area contributed by atoms with E-state index in [0.29, 0.717) is 5.92 Å². The van der Waals surface area contributed by atoms with E-state index in [0.717, 1.165) is 37.3 Å². The van der Waals surface area contributed by atoms with E-state index in [1.165, 1.54) is 11.1 Å². The van der Waals surface area contributed by atoms with E-state index in [4.69, 9.17) is 15.5 Å². The minimum atomic E-state index is -0.0255. The number of aromatic nitrogens is 2. The van der Waals surface area contributed by atoms with Crippen LogP contribution in [0.2, 0.25) is 0 Å². The Morgan fingerprint density at radius 2 is 2.16 bits per heavy atom. The van der Waals surface area contributed by atoms with Gasteiger partial charge in [-0.25, -0.2) is 4.98 Å². The number of ether oxygens (including phenoxy) is 1. The molecular formula is C15H21N3O. The van der Waals surface area contributed by atoms with Crippen molar-refractivity contribution in [3.8, 4) is 0 Å². The topological polar surface area (TPSA) is 53.1 Å². The molecule has 0 radical (unpaired) electrons. The second-order valence-electron chi connectivity index (χ2n) is 5.47. The van der Waals surface area contributed by atoms with E-state index in [1.807, 2.05) is 6.92 Å². The number of hydrogen-bond donors (Lipinski definition) is 1. The fourth-order valence-electron chi connectivity index (χ4n) is 2.91. The summed E-state index contributed by atoms with van der Waals surface area (Å²) in [6, 6.07) is 4.30. The standard InChI is InChI=1S/C15H21N3O/c1-10(16)15-12(11-4-7-19-8-5-11)9-14-13(17-15)3-6-18(14)2/h3,6,9-11H,4-5,7-8,16H2,1-2H3. The highest BCUT2D eigenvalue weighted by Gasteiger charge is 2.22. The van der Waals surface area contributed by atoms with Gasteiger partial charge in [0.2, 0.25) is 0 Å². The number of nitrogens with two attached hydrogens (primary N) is 1. The van der Waals surface area contributed by atoms with Gasteiger partial charge in [-0.15, -0.1) is 0 Å². The molecule has 1 saturated heterocycles. The molecule has 0 aromatic carbocycles. The van der Waals surface area contributed by atoms with Crippen LogP contribution in [0.1, 0.15) is 43.0 Å². The van der Waals surface area contributed by atoms with Gasteiger partial charge in [-0.3, -0.25) is 0 Å². The molecule has 0 amide bonds. The first-order valence-corrected chi connectivity index (χ1v) is 6.96. The summed E-state index contributed by atoms with van der Waals surface area (Å²) in [5.74, 6) is 0.529. The average Bonchev–Trinajstić information content (AvgIpc) is 2.79. The number of hydrogen-bond acceptors (Lipinski definition) is 3. The third-order valence-corrected chi connectivity index (χ3v) is 4.02. The smallest absolute Gasteiger partial charge is 0.0885 e. The Morgan fingerprint density at radius 1 is 1.42 bits per heavy atom. The maximum Gasteiger partial charge on any atom is 0.0885 e. The van der Waals surface area contributed by atoms with Crippen LogP contribution in [0.25, 0.3) is 11.0 Å². The number of rotatable bonds is 2. The van der Waals surface area contributed by atoms with Gasteiger partial charge in [0.1, 0.15) is 0 Å². The van der Waals surface area contributed by atoms with Crippen LogP contribution in [0.15, 0.2) is 18.3 Å². The van der Waals surface area contributed by atoms with Crippen molar-refractivity contribution >= 4 is 11.0 Å². The normalized spacial score (nSPS) is 18.9. The van der Waals surface area contributed by atoms with Crippen LogP contribution in [0.3, 0.4) is 0 Å².